The van der Waals surface area contributed by atoms with Gasteiger partial charge in [0, 0.05) is 10.9 Å². The van der Waals surface area contributed by atoms with Crippen molar-refractivity contribution in [2.75, 3.05) is 0 Å². The average Bonchev–Trinajstić information content (AvgIpc) is 1.88. The van der Waals surface area contributed by atoms with Crippen LogP contribution in [0.2, 0.25) is 0 Å². The largest absolute Gasteiger partial charge is 0.324 e. The topological polar surface area (TPSA) is 26.0 Å². The van der Waals surface area contributed by atoms with Crippen LogP contribution in [0.4, 0.5) is 0 Å². The number of nitrogens with two attached hydrogens (primary N) is 1. The second-order valence-corrected chi connectivity index (χ2v) is 2.90. The Morgan fingerprint density at radius 2 is 2.20 bits per heavy atom. The molecule has 1 atom stereocenters. The summed E-state index contributed by atoms with van der Waals surface area (Å²) in [6.07, 6.45) is 0. The molecule has 0 heterocycles. The summed E-state index contributed by atoms with van der Waals surface area (Å²) in [5.74, 6) is 0. The SMILES string of the molecule is C[C@H](N)c1cccc(S)c1. The van der Waals surface area contributed by atoms with E-state index in [0.717, 1.165) is 10.5 Å². The average molecular weight is 153 g/mol. The van der Waals surface area contributed by atoms with Gasteiger partial charge >= 0.3 is 0 Å². The van der Waals surface area contributed by atoms with Crippen molar-refractivity contribution in [1.82, 2.24) is 0 Å². The number of hydrogen-bond acceptors (Lipinski definition) is 2. The molecule has 10 heavy (non-hydrogen) atoms. The fourth-order valence-electron chi connectivity index (χ4n) is 0.808. The minimum atomic E-state index is 0.104. The van der Waals surface area contributed by atoms with Crippen molar-refractivity contribution >= 4 is 12.6 Å². The number of rotatable bonds is 1. The summed E-state index contributed by atoms with van der Waals surface area (Å²) >= 11 is 4.19. The van der Waals surface area contributed by atoms with Crippen LogP contribution in [0.5, 0.6) is 0 Å². The Morgan fingerprint density at radius 1 is 1.50 bits per heavy atom. The van der Waals surface area contributed by atoms with Gasteiger partial charge in [-0.2, -0.15) is 0 Å². The Labute approximate surface area is 66.7 Å². The van der Waals surface area contributed by atoms with Gasteiger partial charge in [0.2, 0.25) is 0 Å². The van der Waals surface area contributed by atoms with Crippen LogP contribution in [0.1, 0.15) is 18.5 Å². The molecular formula is C8H11NS. The maximum absolute atomic E-state index is 5.65. The summed E-state index contributed by atoms with van der Waals surface area (Å²) < 4.78 is 0. The zero-order valence-electron chi connectivity index (χ0n) is 5.91. The maximum Gasteiger partial charge on any atom is 0.0266 e. The highest BCUT2D eigenvalue weighted by atomic mass is 32.1. The van der Waals surface area contributed by atoms with Crippen LogP contribution in [0.25, 0.3) is 0 Å². The molecule has 0 aromatic heterocycles. The van der Waals surface area contributed by atoms with Gasteiger partial charge in [-0.25, -0.2) is 0 Å². The van der Waals surface area contributed by atoms with Crippen LogP contribution < -0.4 is 5.73 Å². The third kappa shape index (κ3) is 1.75. The molecule has 1 nitrogen and oxygen atoms in total. The minimum absolute atomic E-state index is 0.104. The van der Waals surface area contributed by atoms with E-state index >= 15 is 0 Å². The fraction of sp³-hybridized carbons (Fsp3) is 0.250. The highest BCUT2D eigenvalue weighted by Crippen LogP contribution is 2.13. The van der Waals surface area contributed by atoms with E-state index in [-0.39, 0.29) is 6.04 Å². The van der Waals surface area contributed by atoms with Gasteiger partial charge in [-0.1, -0.05) is 12.1 Å². The van der Waals surface area contributed by atoms with Crippen molar-refractivity contribution in [2.45, 2.75) is 17.9 Å². The highest BCUT2D eigenvalue weighted by Gasteiger charge is 1.96. The molecule has 0 radical (unpaired) electrons. The summed E-state index contributed by atoms with van der Waals surface area (Å²) in [7, 11) is 0. The van der Waals surface area contributed by atoms with Crippen molar-refractivity contribution < 1.29 is 0 Å². The Balaban J connectivity index is 2.96. The number of benzene rings is 1. The van der Waals surface area contributed by atoms with E-state index in [0.29, 0.717) is 0 Å². The van der Waals surface area contributed by atoms with E-state index in [4.69, 9.17) is 5.73 Å². The molecule has 1 aromatic carbocycles. The van der Waals surface area contributed by atoms with Gasteiger partial charge in [-0.05, 0) is 24.6 Å². The van der Waals surface area contributed by atoms with Gasteiger partial charge in [0.25, 0.3) is 0 Å². The molecule has 0 fully saturated rings. The summed E-state index contributed by atoms with van der Waals surface area (Å²) in [4.78, 5) is 0.967. The molecule has 2 N–H and O–H groups in total. The lowest BCUT2D eigenvalue weighted by Crippen LogP contribution is -2.04. The number of hydrogen-bond donors (Lipinski definition) is 2. The van der Waals surface area contributed by atoms with E-state index in [9.17, 15) is 0 Å². The van der Waals surface area contributed by atoms with E-state index in [1.165, 1.54) is 0 Å². The van der Waals surface area contributed by atoms with Crippen LogP contribution in [0.15, 0.2) is 29.2 Å². The summed E-state index contributed by atoms with van der Waals surface area (Å²) in [6, 6.07) is 7.99. The maximum atomic E-state index is 5.65. The molecule has 2 heteroatoms. The molecule has 1 rings (SSSR count). The lowest BCUT2D eigenvalue weighted by Gasteiger charge is -2.04. The molecular weight excluding hydrogens is 142 g/mol. The first-order valence-corrected chi connectivity index (χ1v) is 3.69. The van der Waals surface area contributed by atoms with Crippen molar-refractivity contribution in [3.05, 3.63) is 29.8 Å². The second kappa shape index (κ2) is 3.08. The molecule has 0 aliphatic carbocycles. The van der Waals surface area contributed by atoms with Crippen molar-refractivity contribution in [3.63, 3.8) is 0 Å². The van der Waals surface area contributed by atoms with Gasteiger partial charge in [-0.15, -0.1) is 12.6 Å². The van der Waals surface area contributed by atoms with Gasteiger partial charge in [0.05, 0.1) is 0 Å². The smallest absolute Gasteiger partial charge is 0.0266 e. The quantitative estimate of drug-likeness (QED) is 0.593. The third-order valence-electron chi connectivity index (χ3n) is 1.40. The molecule has 1 aromatic rings. The second-order valence-electron chi connectivity index (χ2n) is 2.38. The summed E-state index contributed by atoms with van der Waals surface area (Å²) in [6.45, 7) is 1.96. The monoisotopic (exact) mass is 153 g/mol. The molecule has 54 valence electrons. The Morgan fingerprint density at radius 3 is 2.60 bits per heavy atom. The minimum Gasteiger partial charge on any atom is -0.324 e. The molecule has 0 spiro atoms. The Kier molecular flexibility index (Phi) is 2.35. The van der Waals surface area contributed by atoms with Crippen LogP contribution in [-0.4, -0.2) is 0 Å². The zero-order chi connectivity index (χ0) is 7.56. The van der Waals surface area contributed by atoms with E-state index in [2.05, 4.69) is 12.6 Å². The van der Waals surface area contributed by atoms with E-state index < -0.39 is 0 Å². The van der Waals surface area contributed by atoms with E-state index in [1.54, 1.807) is 0 Å². The Bertz CT molecular complexity index is 220. The van der Waals surface area contributed by atoms with Crippen molar-refractivity contribution in [3.8, 4) is 0 Å². The standard InChI is InChI=1S/C8H11NS/c1-6(9)7-3-2-4-8(10)5-7/h2-6,10H,9H2,1H3/t6-/m0/s1. The van der Waals surface area contributed by atoms with Gasteiger partial charge in [0.15, 0.2) is 0 Å². The summed E-state index contributed by atoms with van der Waals surface area (Å²) in [5, 5.41) is 0. The van der Waals surface area contributed by atoms with Crippen LogP contribution in [0, 0.1) is 0 Å². The van der Waals surface area contributed by atoms with Gasteiger partial charge < -0.3 is 5.73 Å². The highest BCUT2D eigenvalue weighted by molar-refractivity contribution is 7.80. The third-order valence-corrected chi connectivity index (χ3v) is 1.67. The lowest BCUT2D eigenvalue weighted by molar-refractivity contribution is 0.815. The first-order valence-electron chi connectivity index (χ1n) is 3.24. The van der Waals surface area contributed by atoms with Gasteiger partial charge in [-0.3, -0.25) is 0 Å². The molecule has 0 unspecified atom stereocenters. The number of thiol groups is 1. The van der Waals surface area contributed by atoms with Crippen LogP contribution in [-0.2, 0) is 0 Å². The first-order chi connectivity index (χ1) is 4.70. The van der Waals surface area contributed by atoms with Gasteiger partial charge in [0.1, 0.15) is 0 Å². The fourth-order valence-corrected chi connectivity index (χ4v) is 1.04. The molecule has 0 amide bonds. The van der Waals surface area contributed by atoms with Crippen molar-refractivity contribution in [2.24, 2.45) is 5.73 Å². The van der Waals surface area contributed by atoms with Crippen LogP contribution in [0.3, 0.4) is 0 Å². The molecule has 0 bridgehead atoms. The van der Waals surface area contributed by atoms with Crippen molar-refractivity contribution in [1.29, 1.82) is 0 Å². The molecule has 0 aliphatic rings. The van der Waals surface area contributed by atoms with Crippen LogP contribution >= 0.6 is 12.6 Å². The zero-order valence-corrected chi connectivity index (χ0v) is 6.81. The lowest BCUT2D eigenvalue weighted by atomic mass is 10.1. The normalized spacial score (nSPS) is 13.1. The predicted molar refractivity (Wildman–Crippen MR) is 46.3 cm³/mol. The molecule has 0 saturated carbocycles. The first kappa shape index (κ1) is 7.63. The molecule has 0 saturated heterocycles. The molecule has 0 aliphatic heterocycles. The summed E-state index contributed by atoms with van der Waals surface area (Å²) in [5.41, 5.74) is 6.78. The van der Waals surface area contributed by atoms with E-state index in [1.807, 2.05) is 31.2 Å². The predicted octanol–water partition coefficient (Wildman–Crippen LogP) is 2.00. The Hall–Kier alpha value is -0.470.